The number of carbonyl (C=O) groups is 1. The number of carbonyl (C=O) groups excluding carboxylic acids is 1. The maximum Gasteiger partial charge on any atom is 0.291 e. The molecular weight excluding hydrogens is 348 g/mol. The van der Waals surface area contributed by atoms with E-state index in [9.17, 15) is 9.90 Å². The van der Waals surface area contributed by atoms with E-state index in [4.69, 9.17) is 4.74 Å². The molecule has 0 aliphatic heterocycles. The Morgan fingerprint density at radius 1 is 1.22 bits per heavy atom. The molecule has 3 rings (SSSR count). The lowest BCUT2D eigenvalue weighted by molar-refractivity contribution is 0.0950. The zero-order valence-corrected chi connectivity index (χ0v) is 14.4. The lowest BCUT2D eigenvalue weighted by atomic mass is 10.2. The average molecular weight is 364 g/mol. The first kappa shape index (κ1) is 17.9. The summed E-state index contributed by atoms with van der Waals surface area (Å²) < 4.78 is 5.30. The Morgan fingerprint density at radius 2 is 2.11 bits per heavy atom. The van der Waals surface area contributed by atoms with Gasteiger partial charge in [-0.1, -0.05) is 6.07 Å². The summed E-state index contributed by atoms with van der Waals surface area (Å²) in [4.78, 5) is 28.5. The first-order valence-electron chi connectivity index (χ1n) is 8.06. The molecule has 2 N–H and O–H groups in total. The van der Waals surface area contributed by atoms with Gasteiger partial charge in [-0.3, -0.25) is 9.78 Å². The minimum absolute atomic E-state index is 0.0994. The van der Waals surface area contributed by atoms with Gasteiger partial charge >= 0.3 is 0 Å². The number of hydrogen-bond acceptors (Lipinski definition) is 8. The number of hydrazone groups is 1. The Balaban J connectivity index is 1.70. The number of pyridine rings is 2. The Bertz CT molecular complexity index is 959. The number of aromatic nitrogens is 4. The molecule has 0 unspecified atom stereocenters. The van der Waals surface area contributed by atoms with Gasteiger partial charge in [0.15, 0.2) is 0 Å². The third-order valence-corrected chi connectivity index (χ3v) is 3.31. The number of rotatable bonds is 6. The van der Waals surface area contributed by atoms with E-state index in [2.05, 4.69) is 30.5 Å². The van der Waals surface area contributed by atoms with E-state index in [1.165, 1.54) is 24.7 Å². The largest absolute Gasteiger partial charge is 0.493 e. The summed E-state index contributed by atoms with van der Waals surface area (Å²) in [7, 11) is 0. The molecule has 0 aliphatic carbocycles. The molecular formula is C18H16N6O3. The van der Waals surface area contributed by atoms with Gasteiger partial charge in [0, 0.05) is 23.9 Å². The molecule has 1 amide bonds. The maximum absolute atomic E-state index is 12.2. The van der Waals surface area contributed by atoms with Gasteiger partial charge in [0.1, 0.15) is 5.69 Å². The Hall–Kier alpha value is -3.88. The molecule has 27 heavy (non-hydrogen) atoms. The highest BCUT2D eigenvalue weighted by molar-refractivity contribution is 5.93. The number of aromatic hydroxyl groups is 1. The van der Waals surface area contributed by atoms with Crippen molar-refractivity contribution in [2.45, 2.75) is 6.92 Å². The second-order valence-electron chi connectivity index (χ2n) is 5.23. The zero-order valence-electron chi connectivity index (χ0n) is 14.4. The lowest BCUT2D eigenvalue weighted by Crippen LogP contribution is -2.19. The van der Waals surface area contributed by atoms with Crippen molar-refractivity contribution in [3.05, 3.63) is 60.3 Å². The van der Waals surface area contributed by atoms with Crippen LogP contribution in [0.4, 0.5) is 0 Å². The van der Waals surface area contributed by atoms with E-state index >= 15 is 0 Å². The minimum Gasteiger partial charge on any atom is -0.493 e. The SMILES string of the molecule is CCOc1ccc(-c2cncc(C(=O)N/N=C/c3cccc(O)n3)n2)cn1. The van der Waals surface area contributed by atoms with Crippen molar-refractivity contribution < 1.29 is 14.6 Å². The Labute approximate surface area is 154 Å². The van der Waals surface area contributed by atoms with E-state index in [-0.39, 0.29) is 11.6 Å². The smallest absolute Gasteiger partial charge is 0.291 e. The topological polar surface area (TPSA) is 122 Å². The van der Waals surface area contributed by atoms with Crippen molar-refractivity contribution in [2.24, 2.45) is 5.10 Å². The van der Waals surface area contributed by atoms with Crippen molar-refractivity contribution in [3.63, 3.8) is 0 Å². The summed E-state index contributed by atoms with van der Waals surface area (Å²) >= 11 is 0. The molecule has 0 atom stereocenters. The third kappa shape index (κ3) is 4.82. The molecule has 9 heteroatoms. The molecule has 0 spiro atoms. The van der Waals surface area contributed by atoms with E-state index in [0.717, 1.165) is 0 Å². The molecule has 0 saturated carbocycles. The predicted molar refractivity (Wildman–Crippen MR) is 97.4 cm³/mol. The first-order chi connectivity index (χ1) is 13.2. The molecule has 9 nitrogen and oxygen atoms in total. The average Bonchev–Trinajstić information content (AvgIpc) is 2.69. The highest BCUT2D eigenvalue weighted by Gasteiger charge is 2.09. The van der Waals surface area contributed by atoms with Crippen molar-refractivity contribution in [1.29, 1.82) is 0 Å². The molecule has 0 aromatic carbocycles. The molecule has 0 aliphatic rings. The van der Waals surface area contributed by atoms with Crippen LogP contribution in [-0.2, 0) is 0 Å². The monoisotopic (exact) mass is 364 g/mol. The van der Waals surface area contributed by atoms with Crippen LogP contribution in [0.2, 0.25) is 0 Å². The summed E-state index contributed by atoms with van der Waals surface area (Å²) in [6.07, 6.45) is 5.78. The van der Waals surface area contributed by atoms with Crippen LogP contribution >= 0.6 is 0 Å². The summed E-state index contributed by atoms with van der Waals surface area (Å²) in [5, 5.41) is 13.1. The number of ether oxygens (including phenoxy) is 1. The molecule has 3 aromatic heterocycles. The van der Waals surface area contributed by atoms with Gasteiger partial charge in [-0.25, -0.2) is 20.4 Å². The van der Waals surface area contributed by atoms with Crippen LogP contribution in [0.25, 0.3) is 11.3 Å². The molecule has 3 aromatic rings. The second kappa shape index (κ2) is 8.48. The van der Waals surface area contributed by atoms with Crippen LogP contribution < -0.4 is 10.2 Å². The van der Waals surface area contributed by atoms with Crippen molar-refractivity contribution in [1.82, 2.24) is 25.4 Å². The highest BCUT2D eigenvalue weighted by Crippen LogP contribution is 2.17. The van der Waals surface area contributed by atoms with Crippen LogP contribution in [0.3, 0.4) is 0 Å². The van der Waals surface area contributed by atoms with Crippen LogP contribution in [0.15, 0.2) is 54.0 Å². The first-order valence-corrected chi connectivity index (χ1v) is 8.06. The third-order valence-electron chi connectivity index (χ3n) is 3.31. The minimum atomic E-state index is -0.528. The number of nitrogens with zero attached hydrogens (tertiary/aromatic N) is 5. The van der Waals surface area contributed by atoms with Gasteiger partial charge in [-0.15, -0.1) is 0 Å². The van der Waals surface area contributed by atoms with E-state index in [1.807, 2.05) is 6.92 Å². The van der Waals surface area contributed by atoms with Gasteiger partial charge in [-0.2, -0.15) is 5.10 Å². The van der Waals surface area contributed by atoms with Crippen molar-refractivity contribution in [3.8, 4) is 23.0 Å². The summed E-state index contributed by atoms with van der Waals surface area (Å²) in [6, 6.07) is 8.20. The van der Waals surface area contributed by atoms with Gasteiger partial charge in [-0.05, 0) is 19.1 Å². The van der Waals surface area contributed by atoms with E-state index in [0.29, 0.717) is 29.4 Å². The standard InChI is InChI=1S/C18H16N6O3/c1-2-27-17-7-6-12(8-20-17)14-10-19-11-15(23-14)18(26)24-21-9-13-4-3-5-16(25)22-13/h3-11H,2H2,1H3,(H,22,25)(H,24,26)/b21-9+. The molecule has 0 radical (unpaired) electrons. The number of amides is 1. The molecule has 136 valence electrons. The second-order valence-corrected chi connectivity index (χ2v) is 5.23. The van der Waals surface area contributed by atoms with Crippen LogP contribution in [0.1, 0.15) is 23.1 Å². The molecule has 3 heterocycles. The Kier molecular flexibility index (Phi) is 5.63. The quantitative estimate of drug-likeness (QED) is 0.505. The fraction of sp³-hybridized carbons (Fsp3) is 0.111. The van der Waals surface area contributed by atoms with E-state index < -0.39 is 5.91 Å². The van der Waals surface area contributed by atoms with Gasteiger partial charge in [0.2, 0.25) is 11.8 Å². The maximum atomic E-state index is 12.2. The molecule has 0 saturated heterocycles. The number of hydrogen-bond donors (Lipinski definition) is 2. The molecule has 0 bridgehead atoms. The Morgan fingerprint density at radius 3 is 2.85 bits per heavy atom. The summed E-state index contributed by atoms with van der Waals surface area (Å²) in [5.74, 6) is -0.148. The lowest BCUT2D eigenvalue weighted by Gasteiger charge is -2.05. The molecule has 0 fully saturated rings. The van der Waals surface area contributed by atoms with Gasteiger partial charge in [0.05, 0.1) is 36.6 Å². The predicted octanol–water partition coefficient (Wildman–Crippen LogP) is 1.80. The fourth-order valence-electron chi connectivity index (χ4n) is 2.11. The normalized spacial score (nSPS) is 10.7. The van der Waals surface area contributed by atoms with Crippen LogP contribution in [0, 0.1) is 0 Å². The highest BCUT2D eigenvalue weighted by atomic mass is 16.5. The number of nitrogens with one attached hydrogen (secondary N) is 1. The fourth-order valence-corrected chi connectivity index (χ4v) is 2.11. The van der Waals surface area contributed by atoms with Crippen LogP contribution in [-0.4, -0.2) is 43.8 Å². The van der Waals surface area contributed by atoms with Gasteiger partial charge < -0.3 is 9.84 Å². The summed E-state index contributed by atoms with van der Waals surface area (Å²) in [5.41, 5.74) is 4.04. The van der Waals surface area contributed by atoms with Gasteiger partial charge in [0.25, 0.3) is 5.91 Å². The van der Waals surface area contributed by atoms with E-state index in [1.54, 1.807) is 30.5 Å². The van der Waals surface area contributed by atoms with Crippen molar-refractivity contribution >= 4 is 12.1 Å². The zero-order chi connectivity index (χ0) is 19.1. The van der Waals surface area contributed by atoms with Crippen molar-refractivity contribution in [2.75, 3.05) is 6.61 Å². The summed E-state index contributed by atoms with van der Waals surface area (Å²) in [6.45, 7) is 2.41. The van der Waals surface area contributed by atoms with Crippen LogP contribution in [0.5, 0.6) is 11.8 Å².